The van der Waals surface area contributed by atoms with Crippen LogP contribution in [0.1, 0.15) is 65.2 Å². The Kier molecular flexibility index (Phi) is 5.24. The summed E-state index contributed by atoms with van der Waals surface area (Å²) >= 11 is 5.14. The van der Waals surface area contributed by atoms with E-state index in [1.165, 1.54) is 58.0 Å². The first-order valence-electron chi connectivity index (χ1n) is 8.03. The van der Waals surface area contributed by atoms with Crippen LogP contribution >= 0.6 is 12.2 Å². The van der Waals surface area contributed by atoms with Crippen LogP contribution in [-0.2, 0) is 0 Å². The van der Waals surface area contributed by atoms with Gasteiger partial charge in [0.15, 0.2) is 0 Å². The lowest BCUT2D eigenvalue weighted by atomic mass is 9.99. The molecule has 110 valence electrons. The first-order chi connectivity index (χ1) is 9.01. The van der Waals surface area contributed by atoms with Gasteiger partial charge in [-0.2, -0.15) is 0 Å². The van der Waals surface area contributed by atoms with Gasteiger partial charge in [0.05, 0.1) is 4.99 Å². The molecule has 0 heterocycles. The van der Waals surface area contributed by atoms with E-state index in [9.17, 15) is 0 Å². The van der Waals surface area contributed by atoms with Crippen LogP contribution in [0, 0.1) is 11.3 Å². The topological polar surface area (TPSA) is 29.3 Å². The molecule has 0 unspecified atom stereocenters. The molecule has 0 aliphatic heterocycles. The third kappa shape index (κ3) is 4.71. The fraction of sp³-hybridized carbons (Fsp3) is 0.938. The molecular formula is C16H30N2S. The van der Waals surface area contributed by atoms with Crippen molar-refractivity contribution >= 4 is 17.2 Å². The molecule has 0 saturated heterocycles. The summed E-state index contributed by atoms with van der Waals surface area (Å²) in [4.78, 5) is 3.49. The Morgan fingerprint density at radius 1 is 1.32 bits per heavy atom. The smallest absolute Gasteiger partial charge is 0.0733 e. The molecule has 2 N–H and O–H groups in total. The number of nitrogens with two attached hydrogens (primary N) is 1. The van der Waals surface area contributed by atoms with Crippen molar-refractivity contribution in [3.05, 3.63) is 0 Å². The summed E-state index contributed by atoms with van der Waals surface area (Å²) in [5.41, 5.74) is 6.23. The minimum atomic E-state index is 0.450. The van der Waals surface area contributed by atoms with Crippen molar-refractivity contribution in [2.75, 3.05) is 13.1 Å². The van der Waals surface area contributed by atoms with Gasteiger partial charge in [-0.15, -0.1) is 0 Å². The highest BCUT2D eigenvalue weighted by atomic mass is 32.1. The van der Waals surface area contributed by atoms with Gasteiger partial charge in [-0.3, -0.25) is 4.90 Å². The maximum atomic E-state index is 5.78. The molecule has 0 radical (unpaired) electrons. The average molecular weight is 282 g/mol. The van der Waals surface area contributed by atoms with Crippen molar-refractivity contribution < 1.29 is 0 Å². The molecule has 0 spiro atoms. The Morgan fingerprint density at radius 3 is 2.42 bits per heavy atom. The van der Waals surface area contributed by atoms with E-state index in [0.717, 1.165) is 18.4 Å². The normalized spacial score (nSPS) is 22.3. The maximum absolute atomic E-state index is 5.78. The molecule has 0 bridgehead atoms. The lowest BCUT2D eigenvalue weighted by molar-refractivity contribution is 0.153. The first kappa shape index (κ1) is 15.2. The van der Waals surface area contributed by atoms with Crippen molar-refractivity contribution in [3.8, 4) is 0 Å². The van der Waals surface area contributed by atoms with Gasteiger partial charge in [-0.05, 0) is 50.0 Å². The molecule has 2 aliphatic rings. The summed E-state index contributed by atoms with van der Waals surface area (Å²) in [7, 11) is 0. The zero-order valence-corrected chi connectivity index (χ0v) is 13.5. The zero-order valence-electron chi connectivity index (χ0n) is 12.7. The van der Waals surface area contributed by atoms with E-state index in [1.54, 1.807) is 0 Å². The molecule has 0 amide bonds. The van der Waals surface area contributed by atoms with Crippen LogP contribution < -0.4 is 5.73 Å². The zero-order chi connectivity index (χ0) is 13.9. The van der Waals surface area contributed by atoms with Gasteiger partial charge in [0, 0.05) is 19.0 Å². The summed E-state index contributed by atoms with van der Waals surface area (Å²) in [5.74, 6) is 0.801. The van der Waals surface area contributed by atoms with E-state index in [2.05, 4.69) is 18.7 Å². The Balaban J connectivity index is 1.90. The van der Waals surface area contributed by atoms with Crippen LogP contribution in [0.15, 0.2) is 0 Å². The minimum absolute atomic E-state index is 0.450. The molecule has 2 rings (SSSR count). The Morgan fingerprint density at radius 2 is 1.95 bits per heavy atom. The number of thiocarbonyl (C=S) groups is 1. The maximum Gasteiger partial charge on any atom is 0.0733 e. The molecule has 2 saturated carbocycles. The van der Waals surface area contributed by atoms with Crippen molar-refractivity contribution in [2.45, 2.75) is 71.3 Å². The highest BCUT2D eigenvalue weighted by molar-refractivity contribution is 7.80. The molecule has 19 heavy (non-hydrogen) atoms. The van der Waals surface area contributed by atoms with Gasteiger partial charge in [0.2, 0.25) is 0 Å². The number of hydrogen-bond donors (Lipinski definition) is 1. The fourth-order valence-corrected chi connectivity index (χ4v) is 3.76. The van der Waals surface area contributed by atoms with Gasteiger partial charge < -0.3 is 5.73 Å². The highest BCUT2D eigenvalue weighted by Crippen LogP contribution is 2.50. The first-order valence-corrected chi connectivity index (χ1v) is 8.44. The predicted octanol–water partition coefficient (Wildman–Crippen LogP) is 3.73. The van der Waals surface area contributed by atoms with E-state index in [-0.39, 0.29) is 0 Å². The van der Waals surface area contributed by atoms with Gasteiger partial charge in [0.1, 0.15) is 0 Å². The summed E-state index contributed by atoms with van der Waals surface area (Å²) in [6, 6.07) is 0.836. The third-order valence-corrected chi connectivity index (χ3v) is 5.02. The number of hydrogen-bond acceptors (Lipinski definition) is 2. The highest BCUT2D eigenvalue weighted by Gasteiger charge is 2.45. The molecular weight excluding hydrogens is 252 g/mol. The van der Waals surface area contributed by atoms with E-state index in [0.29, 0.717) is 10.4 Å². The van der Waals surface area contributed by atoms with E-state index < -0.39 is 0 Å². The molecule has 2 nitrogen and oxygen atoms in total. The van der Waals surface area contributed by atoms with Gasteiger partial charge in [-0.25, -0.2) is 0 Å². The summed E-state index contributed by atoms with van der Waals surface area (Å²) in [5, 5.41) is 0. The van der Waals surface area contributed by atoms with E-state index in [1.807, 2.05) is 0 Å². The van der Waals surface area contributed by atoms with Crippen LogP contribution in [0.3, 0.4) is 0 Å². The molecule has 0 atom stereocenters. The molecule has 3 heteroatoms. The molecule has 0 aromatic carbocycles. The van der Waals surface area contributed by atoms with Gasteiger partial charge in [0.25, 0.3) is 0 Å². The number of rotatable bonds is 8. The Labute approximate surface area is 124 Å². The SMILES string of the molecule is CC(C)CCN(CC1(CC(N)=S)CC1)C1CCCC1. The quantitative estimate of drug-likeness (QED) is 0.688. The lowest BCUT2D eigenvalue weighted by Crippen LogP contribution is -2.40. The second-order valence-corrected chi connectivity index (χ2v) is 7.76. The summed E-state index contributed by atoms with van der Waals surface area (Å²) in [6.45, 7) is 7.16. The largest absolute Gasteiger partial charge is 0.393 e. The fourth-order valence-electron chi connectivity index (χ4n) is 3.45. The summed E-state index contributed by atoms with van der Waals surface area (Å²) in [6.07, 6.45) is 10.6. The van der Waals surface area contributed by atoms with Crippen LogP contribution in [0.4, 0.5) is 0 Å². The molecule has 2 aliphatic carbocycles. The van der Waals surface area contributed by atoms with Gasteiger partial charge in [-0.1, -0.05) is 38.9 Å². The number of nitrogens with zero attached hydrogens (tertiary/aromatic N) is 1. The van der Waals surface area contributed by atoms with E-state index >= 15 is 0 Å². The van der Waals surface area contributed by atoms with Crippen molar-refractivity contribution in [1.29, 1.82) is 0 Å². The Hall–Kier alpha value is -0.150. The van der Waals surface area contributed by atoms with Gasteiger partial charge >= 0.3 is 0 Å². The lowest BCUT2D eigenvalue weighted by Gasteiger charge is -2.33. The standard InChI is InChI=1S/C16H30N2S/c1-13(2)7-10-18(14-5-3-4-6-14)12-16(8-9-16)11-15(17)19/h13-14H,3-12H2,1-2H3,(H2,17,19). The molecule has 0 aromatic rings. The second-order valence-electron chi connectivity index (χ2n) is 7.23. The second kappa shape index (κ2) is 6.53. The van der Waals surface area contributed by atoms with Crippen LogP contribution in [0.2, 0.25) is 0 Å². The Bertz CT molecular complexity index is 304. The summed E-state index contributed by atoms with van der Waals surface area (Å²) < 4.78 is 0. The van der Waals surface area contributed by atoms with E-state index in [4.69, 9.17) is 18.0 Å². The van der Waals surface area contributed by atoms with Crippen molar-refractivity contribution in [3.63, 3.8) is 0 Å². The average Bonchev–Trinajstić information content (AvgIpc) is 2.87. The third-order valence-electron chi connectivity index (χ3n) is 4.88. The monoisotopic (exact) mass is 282 g/mol. The minimum Gasteiger partial charge on any atom is -0.393 e. The predicted molar refractivity (Wildman–Crippen MR) is 86.4 cm³/mol. The van der Waals surface area contributed by atoms with Crippen molar-refractivity contribution in [1.82, 2.24) is 4.90 Å². The van der Waals surface area contributed by atoms with Crippen LogP contribution in [-0.4, -0.2) is 29.0 Å². The van der Waals surface area contributed by atoms with Crippen molar-refractivity contribution in [2.24, 2.45) is 17.1 Å². The molecule has 2 fully saturated rings. The molecule has 0 aromatic heterocycles. The van der Waals surface area contributed by atoms with Crippen LogP contribution in [0.5, 0.6) is 0 Å². The van der Waals surface area contributed by atoms with Crippen LogP contribution in [0.25, 0.3) is 0 Å².